The van der Waals surface area contributed by atoms with Crippen LogP contribution in [0.25, 0.3) is 0 Å². The maximum atomic E-state index is 5.82. The molecule has 0 spiro atoms. The van der Waals surface area contributed by atoms with E-state index in [2.05, 4.69) is 29.8 Å². The van der Waals surface area contributed by atoms with Gasteiger partial charge in [-0.1, -0.05) is 13.0 Å². The topological polar surface area (TPSA) is 16.1 Å². The molecule has 0 radical (unpaired) electrons. The molecule has 2 heterocycles. The first-order chi connectivity index (χ1) is 7.72. The fourth-order valence-electron chi connectivity index (χ4n) is 1.96. The first-order valence-corrected chi connectivity index (χ1v) is 7.21. The Morgan fingerprint density at radius 2 is 2.31 bits per heavy atom. The van der Waals surface area contributed by atoms with Crippen molar-refractivity contribution in [3.05, 3.63) is 23.9 Å². The summed E-state index contributed by atoms with van der Waals surface area (Å²) in [4.78, 5) is 6.97. The molecule has 2 rings (SSSR count). The van der Waals surface area contributed by atoms with Crippen molar-refractivity contribution in [2.24, 2.45) is 0 Å². The van der Waals surface area contributed by atoms with Crippen molar-refractivity contribution in [1.29, 1.82) is 0 Å². The number of hydrogen-bond donors (Lipinski definition) is 0. The monoisotopic (exact) mass is 256 g/mol. The van der Waals surface area contributed by atoms with Crippen LogP contribution in [0.1, 0.15) is 19.5 Å². The third-order valence-electron chi connectivity index (χ3n) is 3.11. The van der Waals surface area contributed by atoms with Crippen LogP contribution in [0, 0.1) is 0 Å². The van der Waals surface area contributed by atoms with Crippen molar-refractivity contribution in [2.75, 3.05) is 17.2 Å². The lowest BCUT2D eigenvalue weighted by Crippen LogP contribution is -2.45. The molecule has 1 aliphatic rings. The Kier molecular flexibility index (Phi) is 3.98. The lowest BCUT2D eigenvalue weighted by molar-refractivity contribution is 0.619. The van der Waals surface area contributed by atoms with Gasteiger partial charge < -0.3 is 4.90 Å². The highest BCUT2D eigenvalue weighted by Crippen LogP contribution is 2.27. The first kappa shape index (κ1) is 12.1. The second-order valence-corrected chi connectivity index (χ2v) is 5.88. The van der Waals surface area contributed by atoms with Gasteiger partial charge in [-0.15, -0.1) is 11.6 Å². The fraction of sp³-hybridized carbons (Fsp3) is 0.583. The van der Waals surface area contributed by atoms with E-state index in [9.17, 15) is 0 Å². The van der Waals surface area contributed by atoms with Crippen LogP contribution < -0.4 is 4.90 Å². The summed E-state index contributed by atoms with van der Waals surface area (Å²) in [6.07, 6.45) is 0. The highest BCUT2D eigenvalue weighted by atomic mass is 35.5. The van der Waals surface area contributed by atoms with Crippen molar-refractivity contribution in [2.45, 2.75) is 31.0 Å². The minimum Gasteiger partial charge on any atom is -0.352 e. The van der Waals surface area contributed by atoms with E-state index in [-0.39, 0.29) is 0 Å². The maximum absolute atomic E-state index is 5.82. The normalized spacial score (nSPS) is 25.8. The largest absolute Gasteiger partial charge is 0.352 e. The van der Waals surface area contributed by atoms with E-state index >= 15 is 0 Å². The Hall–Kier alpha value is -0.410. The summed E-state index contributed by atoms with van der Waals surface area (Å²) in [6.45, 7) is 5.63. The average Bonchev–Trinajstić information content (AvgIpc) is 2.33. The quantitative estimate of drug-likeness (QED) is 0.757. The number of aromatic nitrogens is 1. The van der Waals surface area contributed by atoms with Crippen LogP contribution in [0.5, 0.6) is 0 Å². The van der Waals surface area contributed by atoms with Crippen LogP contribution in [0.15, 0.2) is 18.2 Å². The van der Waals surface area contributed by atoms with Crippen molar-refractivity contribution in [1.82, 2.24) is 4.98 Å². The molecule has 0 N–H and O–H groups in total. The van der Waals surface area contributed by atoms with Crippen LogP contribution >= 0.6 is 23.4 Å². The van der Waals surface area contributed by atoms with Gasteiger partial charge in [0.1, 0.15) is 5.82 Å². The predicted molar refractivity (Wildman–Crippen MR) is 72.5 cm³/mol. The summed E-state index contributed by atoms with van der Waals surface area (Å²) < 4.78 is 0. The van der Waals surface area contributed by atoms with Crippen LogP contribution in [-0.4, -0.2) is 28.6 Å². The van der Waals surface area contributed by atoms with E-state index in [0.717, 1.165) is 18.1 Å². The second kappa shape index (κ2) is 5.28. The molecule has 2 atom stereocenters. The Bertz CT molecular complexity index is 359. The van der Waals surface area contributed by atoms with Crippen LogP contribution in [-0.2, 0) is 5.88 Å². The summed E-state index contributed by atoms with van der Waals surface area (Å²) in [5, 5.41) is 0.662. The summed E-state index contributed by atoms with van der Waals surface area (Å²) in [5.74, 6) is 2.73. The lowest BCUT2D eigenvalue weighted by Gasteiger charge is -2.38. The summed E-state index contributed by atoms with van der Waals surface area (Å²) in [7, 11) is 0. The van der Waals surface area contributed by atoms with Crippen LogP contribution in [0.4, 0.5) is 5.82 Å². The van der Waals surface area contributed by atoms with Gasteiger partial charge in [0.05, 0.1) is 11.6 Å². The fourth-order valence-corrected chi connectivity index (χ4v) is 3.21. The van der Waals surface area contributed by atoms with E-state index in [1.54, 1.807) is 0 Å². The Morgan fingerprint density at radius 3 is 3.06 bits per heavy atom. The molecule has 1 aliphatic heterocycles. The third-order valence-corrected chi connectivity index (χ3v) is 4.72. The summed E-state index contributed by atoms with van der Waals surface area (Å²) in [5.41, 5.74) is 0.956. The van der Waals surface area contributed by atoms with Crippen molar-refractivity contribution >= 4 is 29.2 Å². The second-order valence-electron chi connectivity index (χ2n) is 4.13. The Labute approximate surface area is 106 Å². The standard InChI is InChI=1S/C12H17ClN2S/c1-9-10(2)16-7-6-15(9)12-5-3-4-11(8-13)14-12/h3-5,9-10H,6-8H2,1-2H3. The molecule has 0 bridgehead atoms. The number of pyridine rings is 1. The van der Waals surface area contributed by atoms with Crippen molar-refractivity contribution < 1.29 is 0 Å². The molecule has 1 aromatic heterocycles. The molecule has 1 aromatic rings. The number of halogens is 1. The van der Waals surface area contributed by atoms with Gasteiger partial charge in [0.2, 0.25) is 0 Å². The molecule has 4 heteroatoms. The molecular weight excluding hydrogens is 240 g/mol. The zero-order valence-electron chi connectivity index (χ0n) is 9.69. The Balaban J connectivity index is 2.21. The number of thioether (sulfide) groups is 1. The molecule has 1 fully saturated rings. The molecule has 88 valence electrons. The summed E-state index contributed by atoms with van der Waals surface area (Å²) in [6, 6.07) is 6.63. The predicted octanol–water partition coefficient (Wildman–Crippen LogP) is 3.15. The Morgan fingerprint density at radius 1 is 1.50 bits per heavy atom. The highest BCUT2D eigenvalue weighted by Gasteiger charge is 2.25. The molecule has 0 saturated carbocycles. The lowest BCUT2D eigenvalue weighted by atomic mass is 10.2. The van der Waals surface area contributed by atoms with E-state index in [1.807, 2.05) is 23.9 Å². The number of hydrogen-bond acceptors (Lipinski definition) is 3. The van der Waals surface area contributed by atoms with E-state index in [4.69, 9.17) is 11.6 Å². The van der Waals surface area contributed by atoms with Gasteiger partial charge >= 0.3 is 0 Å². The minimum atomic E-state index is 0.486. The molecule has 16 heavy (non-hydrogen) atoms. The number of anilines is 1. The van der Waals surface area contributed by atoms with E-state index < -0.39 is 0 Å². The summed E-state index contributed by atoms with van der Waals surface area (Å²) >= 11 is 7.86. The van der Waals surface area contributed by atoms with Gasteiger partial charge in [-0.25, -0.2) is 4.98 Å². The number of alkyl halides is 1. The molecule has 2 unspecified atom stereocenters. The highest BCUT2D eigenvalue weighted by molar-refractivity contribution is 8.00. The van der Waals surface area contributed by atoms with E-state index in [0.29, 0.717) is 17.2 Å². The number of nitrogens with zero attached hydrogens (tertiary/aromatic N) is 2. The van der Waals surface area contributed by atoms with Gasteiger partial charge in [-0.2, -0.15) is 11.8 Å². The van der Waals surface area contributed by atoms with Gasteiger partial charge in [0, 0.05) is 23.6 Å². The van der Waals surface area contributed by atoms with Gasteiger partial charge in [-0.05, 0) is 19.1 Å². The number of rotatable bonds is 2. The van der Waals surface area contributed by atoms with E-state index in [1.165, 1.54) is 5.75 Å². The molecule has 0 aromatic carbocycles. The van der Waals surface area contributed by atoms with Crippen molar-refractivity contribution in [3.63, 3.8) is 0 Å². The van der Waals surface area contributed by atoms with Gasteiger partial charge in [0.25, 0.3) is 0 Å². The van der Waals surface area contributed by atoms with Crippen molar-refractivity contribution in [3.8, 4) is 0 Å². The van der Waals surface area contributed by atoms with Crippen LogP contribution in [0.2, 0.25) is 0 Å². The average molecular weight is 257 g/mol. The molecule has 0 amide bonds. The molecule has 1 saturated heterocycles. The SMILES string of the molecule is CC1SCCN(c2cccc(CCl)n2)C1C. The van der Waals surface area contributed by atoms with Gasteiger partial charge in [0.15, 0.2) is 0 Å². The maximum Gasteiger partial charge on any atom is 0.129 e. The van der Waals surface area contributed by atoms with Crippen LogP contribution in [0.3, 0.4) is 0 Å². The first-order valence-electron chi connectivity index (χ1n) is 5.62. The third kappa shape index (κ3) is 2.46. The minimum absolute atomic E-state index is 0.486. The molecule has 0 aliphatic carbocycles. The zero-order valence-corrected chi connectivity index (χ0v) is 11.3. The zero-order chi connectivity index (χ0) is 11.5. The van der Waals surface area contributed by atoms with Gasteiger partial charge in [-0.3, -0.25) is 0 Å². The molecule has 2 nitrogen and oxygen atoms in total. The smallest absolute Gasteiger partial charge is 0.129 e. The molecular formula is C12H17ClN2S.